The molecule has 0 unspecified atom stereocenters. The van der Waals surface area contributed by atoms with Crippen molar-refractivity contribution >= 4 is 11.4 Å². The summed E-state index contributed by atoms with van der Waals surface area (Å²) in [5.74, 6) is 0. The van der Waals surface area contributed by atoms with Crippen LogP contribution >= 0.6 is 0 Å². The van der Waals surface area contributed by atoms with Gasteiger partial charge < -0.3 is 11.5 Å². The van der Waals surface area contributed by atoms with Crippen LogP contribution in [0, 0.1) is 0 Å². The molecule has 0 bridgehead atoms. The second-order valence-corrected chi connectivity index (χ2v) is 1.63. The zero-order valence-electron chi connectivity index (χ0n) is 4.78. The summed E-state index contributed by atoms with van der Waals surface area (Å²) in [6.45, 7) is 0. The number of anilines is 2. The van der Waals surface area contributed by atoms with E-state index < -0.39 is 0 Å². The first kappa shape index (κ1) is 8.31. The van der Waals surface area contributed by atoms with E-state index in [0.29, 0.717) is 11.4 Å². The molecule has 1 rings (SSSR count). The molecule has 0 aromatic heterocycles. The normalized spacial score (nSPS) is 8.00. The van der Waals surface area contributed by atoms with Gasteiger partial charge in [-0.15, -0.1) is 0 Å². The van der Waals surface area contributed by atoms with Gasteiger partial charge in [-0.1, -0.05) is 12.1 Å². The Hall–Kier alpha value is -0.686. The molecular weight excluding hydrogens is 159 g/mol. The summed E-state index contributed by atoms with van der Waals surface area (Å²) in [6.07, 6.45) is 0. The number of para-hydroxylation sites is 2. The molecule has 1 aromatic rings. The molecule has 0 amide bonds. The summed E-state index contributed by atoms with van der Waals surface area (Å²) >= 11 is 0. The van der Waals surface area contributed by atoms with Gasteiger partial charge in [-0.05, 0) is 12.1 Å². The second kappa shape index (κ2) is 3.36. The van der Waals surface area contributed by atoms with Gasteiger partial charge in [0.1, 0.15) is 0 Å². The van der Waals surface area contributed by atoms with Gasteiger partial charge in [0.05, 0.1) is 11.4 Å². The monoisotopic (exact) mass is 166 g/mol. The van der Waals surface area contributed by atoms with Crippen LogP contribution in [0.2, 0.25) is 0 Å². The molecule has 9 heavy (non-hydrogen) atoms. The third-order valence-corrected chi connectivity index (χ3v) is 0.996. The van der Waals surface area contributed by atoms with E-state index in [1.54, 1.807) is 12.1 Å². The van der Waals surface area contributed by atoms with Crippen molar-refractivity contribution in [1.29, 1.82) is 0 Å². The molecular formula is C6H8N2Ni+2. The molecule has 0 aliphatic heterocycles. The quantitative estimate of drug-likeness (QED) is 0.444. The maximum atomic E-state index is 5.39. The molecule has 0 spiro atoms. The minimum atomic E-state index is 0. The maximum absolute atomic E-state index is 5.39. The fourth-order valence-electron chi connectivity index (χ4n) is 0.511. The molecule has 0 atom stereocenters. The number of rotatable bonds is 0. The minimum absolute atomic E-state index is 0. The van der Waals surface area contributed by atoms with Crippen molar-refractivity contribution in [2.45, 2.75) is 0 Å². The average Bonchev–Trinajstić information content (AvgIpc) is 1.77. The van der Waals surface area contributed by atoms with Crippen LogP contribution in [0.5, 0.6) is 0 Å². The molecule has 2 nitrogen and oxygen atoms in total. The molecule has 0 heterocycles. The van der Waals surface area contributed by atoms with Gasteiger partial charge in [0.15, 0.2) is 0 Å². The van der Waals surface area contributed by atoms with Crippen LogP contribution < -0.4 is 11.5 Å². The van der Waals surface area contributed by atoms with Gasteiger partial charge in [0, 0.05) is 0 Å². The maximum Gasteiger partial charge on any atom is 2.00 e. The van der Waals surface area contributed by atoms with Crippen LogP contribution in [0.1, 0.15) is 0 Å². The SMILES string of the molecule is Nc1ccccc1N.[Ni+2]. The summed E-state index contributed by atoms with van der Waals surface area (Å²) < 4.78 is 0. The molecule has 50 valence electrons. The topological polar surface area (TPSA) is 52.0 Å². The van der Waals surface area contributed by atoms with Crippen molar-refractivity contribution in [3.8, 4) is 0 Å². The van der Waals surface area contributed by atoms with Crippen molar-refractivity contribution in [2.24, 2.45) is 0 Å². The van der Waals surface area contributed by atoms with E-state index in [1.807, 2.05) is 12.1 Å². The summed E-state index contributed by atoms with van der Waals surface area (Å²) in [5.41, 5.74) is 12.1. The van der Waals surface area contributed by atoms with Gasteiger partial charge in [0.2, 0.25) is 0 Å². The van der Waals surface area contributed by atoms with Crippen LogP contribution in [-0.4, -0.2) is 0 Å². The zero-order chi connectivity index (χ0) is 5.98. The number of benzene rings is 1. The smallest absolute Gasteiger partial charge is 0.397 e. The predicted molar refractivity (Wildman–Crippen MR) is 35.3 cm³/mol. The van der Waals surface area contributed by atoms with Crippen molar-refractivity contribution in [3.05, 3.63) is 24.3 Å². The first-order chi connectivity index (χ1) is 3.80. The van der Waals surface area contributed by atoms with Gasteiger partial charge in [0.25, 0.3) is 0 Å². The number of nitrogen functional groups attached to an aromatic ring is 2. The van der Waals surface area contributed by atoms with E-state index in [1.165, 1.54) is 0 Å². The van der Waals surface area contributed by atoms with Crippen LogP contribution in [0.15, 0.2) is 24.3 Å². The average molecular weight is 167 g/mol. The molecule has 0 aliphatic rings. The molecule has 1 aromatic carbocycles. The van der Waals surface area contributed by atoms with Crippen LogP contribution in [0.25, 0.3) is 0 Å². The predicted octanol–water partition coefficient (Wildman–Crippen LogP) is 0.849. The zero-order valence-corrected chi connectivity index (χ0v) is 5.77. The minimum Gasteiger partial charge on any atom is -0.397 e. The fraction of sp³-hybridized carbons (Fsp3) is 0. The summed E-state index contributed by atoms with van der Waals surface area (Å²) in [7, 11) is 0. The van der Waals surface area contributed by atoms with E-state index in [4.69, 9.17) is 11.5 Å². The van der Waals surface area contributed by atoms with Crippen molar-refractivity contribution in [1.82, 2.24) is 0 Å². The number of hydrogen-bond donors (Lipinski definition) is 2. The Kier molecular flexibility index (Phi) is 3.10. The summed E-state index contributed by atoms with van der Waals surface area (Å²) in [4.78, 5) is 0. The number of nitrogens with two attached hydrogens (primary N) is 2. The Morgan fingerprint density at radius 2 is 1.22 bits per heavy atom. The Labute approximate surface area is 64.2 Å². The third-order valence-electron chi connectivity index (χ3n) is 0.996. The van der Waals surface area contributed by atoms with Crippen molar-refractivity contribution in [3.63, 3.8) is 0 Å². The standard InChI is InChI=1S/C6H8N2.Ni/c7-5-3-1-2-4-6(5)8;/h1-4H,7-8H2;/q;+2. The first-order valence-electron chi connectivity index (χ1n) is 2.40. The van der Waals surface area contributed by atoms with E-state index in [0.717, 1.165) is 0 Å². The van der Waals surface area contributed by atoms with E-state index >= 15 is 0 Å². The van der Waals surface area contributed by atoms with Gasteiger partial charge in [-0.3, -0.25) is 0 Å². The van der Waals surface area contributed by atoms with Crippen molar-refractivity contribution in [2.75, 3.05) is 11.5 Å². The summed E-state index contributed by atoms with van der Waals surface area (Å²) in [5, 5.41) is 0. The van der Waals surface area contributed by atoms with E-state index in [2.05, 4.69) is 0 Å². The molecule has 0 saturated carbocycles. The Morgan fingerprint density at radius 3 is 1.44 bits per heavy atom. The van der Waals surface area contributed by atoms with Crippen LogP contribution in [0.4, 0.5) is 11.4 Å². The van der Waals surface area contributed by atoms with Crippen LogP contribution in [0.3, 0.4) is 0 Å². The Morgan fingerprint density at radius 1 is 0.889 bits per heavy atom. The molecule has 0 fully saturated rings. The van der Waals surface area contributed by atoms with Gasteiger partial charge in [-0.2, -0.15) is 0 Å². The molecule has 4 N–H and O–H groups in total. The first-order valence-corrected chi connectivity index (χ1v) is 2.40. The molecule has 3 heteroatoms. The molecule has 0 saturated heterocycles. The number of hydrogen-bond acceptors (Lipinski definition) is 2. The van der Waals surface area contributed by atoms with Crippen molar-refractivity contribution < 1.29 is 16.5 Å². The largest absolute Gasteiger partial charge is 2.00 e. The van der Waals surface area contributed by atoms with Gasteiger partial charge >= 0.3 is 16.5 Å². The van der Waals surface area contributed by atoms with E-state index in [-0.39, 0.29) is 16.5 Å². The van der Waals surface area contributed by atoms with Crippen LogP contribution in [-0.2, 0) is 16.5 Å². The van der Waals surface area contributed by atoms with Gasteiger partial charge in [-0.25, -0.2) is 0 Å². The fourth-order valence-corrected chi connectivity index (χ4v) is 0.511. The Bertz CT molecular complexity index is 167. The third kappa shape index (κ3) is 1.94. The molecule has 0 radical (unpaired) electrons. The Balaban J connectivity index is 0.000000640. The second-order valence-electron chi connectivity index (χ2n) is 1.63. The summed E-state index contributed by atoms with van der Waals surface area (Å²) in [6, 6.07) is 7.25. The van der Waals surface area contributed by atoms with E-state index in [9.17, 15) is 0 Å². The molecule has 0 aliphatic carbocycles.